The average Bonchev–Trinajstić information content (AvgIpc) is 2.40. The second-order valence-corrected chi connectivity index (χ2v) is 4.49. The van der Waals surface area contributed by atoms with Crippen LogP contribution in [-0.4, -0.2) is 44.0 Å². The molecule has 0 aliphatic carbocycles. The van der Waals surface area contributed by atoms with E-state index in [1.165, 1.54) is 4.90 Å². The van der Waals surface area contributed by atoms with Gasteiger partial charge >= 0.3 is 5.97 Å². The molecule has 0 fully saturated rings. The fourth-order valence-electron chi connectivity index (χ4n) is 1.58. The first-order chi connectivity index (χ1) is 9.45. The van der Waals surface area contributed by atoms with Crippen LogP contribution in [0.2, 0.25) is 0 Å². The van der Waals surface area contributed by atoms with Crippen molar-refractivity contribution in [1.29, 1.82) is 0 Å². The largest absolute Gasteiger partial charge is 0.462 e. The average molecular weight is 279 g/mol. The van der Waals surface area contributed by atoms with E-state index < -0.39 is 0 Å². The summed E-state index contributed by atoms with van der Waals surface area (Å²) < 4.78 is 4.93. The Hall–Kier alpha value is -2.24. The number of nitrogens with zero attached hydrogens (tertiary/aromatic N) is 1. The summed E-state index contributed by atoms with van der Waals surface area (Å²) >= 11 is 0. The molecule has 0 aliphatic heterocycles. The van der Waals surface area contributed by atoms with Gasteiger partial charge in [-0.05, 0) is 25.1 Å². The summed E-state index contributed by atoms with van der Waals surface area (Å²) in [7, 11) is 3.41. The van der Waals surface area contributed by atoms with Crippen LogP contribution < -0.4 is 11.1 Å². The van der Waals surface area contributed by atoms with Crippen LogP contribution in [0.25, 0.3) is 0 Å². The normalized spacial score (nSPS) is 9.95. The molecule has 0 aliphatic rings. The maximum absolute atomic E-state index is 11.6. The summed E-state index contributed by atoms with van der Waals surface area (Å²) in [4.78, 5) is 24.6. The van der Waals surface area contributed by atoms with Gasteiger partial charge in [0.2, 0.25) is 5.91 Å². The number of hydrogen-bond acceptors (Lipinski definition) is 5. The van der Waals surface area contributed by atoms with Crippen LogP contribution in [0.4, 0.5) is 11.4 Å². The number of carbonyl (C=O) groups is 2. The maximum Gasteiger partial charge on any atom is 0.338 e. The van der Waals surface area contributed by atoms with Crippen molar-refractivity contribution >= 4 is 23.3 Å². The number of benzene rings is 1. The Labute approximate surface area is 118 Å². The molecule has 1 rings (SSSR count). The molecule has 1 amide bonds. The number of anilines is 2. The number of amides is 1. The lowest BCUT2D eigenvalue weighted by molar-refractivity contribution is -0.128. The quantitative estimate of drug-likeness (QED) is 0.606. The zero-order valence-electron chi connectivity index (χ0n) is 12.1. The molecule has 6 nitrogen and oxygen atoms in total. The Morgan fingerprint density at radius 1 is 1.35 bits per heavy atom. The Morgan fingerprint density at radius 3 is 2.65 bits per heavy atom. The number of nitrogens with two attached hydrogens (primary N) is 1. The summed E-state index contributed by atoms with van der Waals surface area (Å²) in [5.74, 6) is -0.363. The molecule has 0 bridgehead atoms. The Balaban J connectivity index is 2.67. The standard InChI is InChI=1S/C14H21N3O3/c1-4-20-14(19)10-5-6-11(15)12(9-10)16-8-7-13(18)17(2)3/h5-6,9,16H,4,7-8,15H2,1-3H3. The molecule has 0 aromatic heterocycles. The van der Waals surface area contributed by atoms with Gasteiger partial charge in [-0.3, -0.25) is 4.79 Å². The van der Waals surface area contributed by atoms with Crippen LogP contribution >= 0.6 is 0 Å². The molecule has 0 radical (unpaired) electrons. The highest BCUT2D eigenvalue weighted by Crippen LogP contribution is 2.20. The first-order valence-electron chi connectivity index (χ1n) is 6.46. The summed E-state index contributed by atoms with van der Waals surface area (Å²) in [6.45, 7) is 2.53. The zero-order chi connectivity index (χ0) is 15.1. The fourth-order valence-corrected chi connectivity index (χ4v) is 1.58. The fraction of sp³-hybridized carbons (Fsp3) is 0.429. The minimum Gasteiger partial charge on any atom is -0.462 e. The monoisotopic (exact) mass is 279 g/mol. The van der Waals surface area contributed by atoms with Crippen molar-refractivity contribution in [2.75, 3.05) is 38.3 Å². The molecular weight excluding hydrogens is 258 g/mol. The van der Waals surface area contributed by atoms with Crippen molar-refractivity contribution in [2.24, 2.45) is 0 Å². The predicted octanol–water partition coefficient (Wildman–Crippen LogP) is 1.34. The highest BCUT2D eigenvalue weighted by Gasteiger charge is 2.10. The maximum atomic E-state index is 11.6. The number of nitrogen functional groups attached to an aromatic ring is 1. The van der Waals surface area contributed by atoms with E-state index in [1.54, 1.807) is 39.2 Å². The molecule has 20 heavy (non-hydrogen) atoms. The summed E-state index contributed by atoms with van der Waals surface area (Å²) in [5, 5.41) is 3.06. The predicted molar refractivity (Wildman–Crippen MR) is 78.6 cm³/mol. The lowest BCUT2D eigenvalue weighted by Gasteiger charge is -2.13. The zero-order valence-corrected chi connectivity index (χ0v) is 12.1. The molecule has 0 atom stereocenters. The van der Waals surface area contributed by atoms with Crippen molar-refractivity contribution in [3.63, 3.8) is 0 Å². The molecule has 0 heterocycles. The van der Waals surface area contributed by atoms with Crippen molar-refractivity contribution < 1.29 is 14.3 Å². The summed E-state index contributed by atoms with van der Waals surface area (Å²) in [5.41, 5.74) is 7.41. The summed E-state index contributed by atoms with van der Waals surface area (Å²) in [6, 6.07) is 4.89. The number of esters is 1. The first kappa shape index (κ1) is 15.8. The van der Waals surface area contributed by atoms with Gasteiger partial charge in [-0.1, -0.05) is 0 Å². The van der Waals surface area contributed by atoms with Crippen molar-refractivity contribution in [1.82, 2.24) is 4.90 Å². The highest BCUT2D eigenvalue weighted by atomic mass is 16.5. The Morgan fingerprint density at radius 2 is 2.05 bits per heavy atom. The lowest BCUT2D eigenvalue weighted by atomic mass is 10.1. The van der Waals surface area contributed by atoms with Crippen LogP contribution in [0.3, 0.4) is 0 Å². The molecule has 1 aromatic carbocycles. The minimum absolute atomic E-state index is 0.0256. The van der Waals surface area contributed by atoms with E-state index in [1.807, 2.05) is 0 Å². The second kappa shape index (κ2) is 7.37. The van der Waals surface area contributed by atoms with E-state index in [-0.39, 0.29) is 11.9 Å². The molecule has 3 N–H and O–H groups in total. The van der Waals surface area contributed by atoms with Gasteiger partial charge in [0.1, 0.15) is 0 Å². The van der Waals surface area contributed by atoms with Crippen LogP contribution in [0, 0.1) is 0 Å². The third-order valence-corrected chi connectivity index (χ3v) is 2.72. The van der Waals surface area contributed by atoms with Gasteiger partial charge in [0.25, 0.3) is 0 Å². The van der Waals surface area contributed by atoms with Gasteiger partial charge < -0.3 is 20.7 Å². The number of hydrogen-bond donors (Lipinski definition) is 2. The van der Waals surface area contributed by atoms with Gasteiger partial charge in [-0.2, -0.15) is 0 Å². The molecular formula is C14H21N3O3. The van der Waals surface area contributed by atoms with Gasteiger partial charge in [0.05, 0.1) is 23.5 Å². The molecule has 0 saturated heterocycles. The highest BCUT2D eigenvalue weighted by molar-refractivity contribution is 5.92. The van der Waals surface area contributed by atoms with E-state index in [9.17, 15) is 9.59 Å². The van der Waals surface area contributed by atoms with Gasteiger partial charge in [-0.25, -0.2) is 4.79 Å². The summed E-state index contributed by atoms with van der Waals surface area (Å²) in [6.07, 6.45) is 0.357. The molecule has 0 unspecified atom stereocenters. The minimum atomic E-state index is -0.389. The van der Waals surface area contributed by atoms with Gasteiger partial charge in [0.15, 0.2) is 0 Å². The van der Waals surface area contributed by atoms with Crippen molar-refractivity contribution in [3.8, 4) is 0 Å². The second-order valence-electron chi connectivity index (χ2n) is 4.49. The van der Waals surface area contributed by atoms with Crippen LogP contribution in [0.1, 0.15) is 23.7 Å². The number of nitrogens with one attached hydrogen (secondary N) is 1. The SMILES string of the molecule is CCOC(=O)c1ccc(N)c(NCCC(=O)N(C)C)c1. The smallest absolute Gasteiger partial charge is 0.338 e. The van der Waals surface area contributed by atoms with Crippen LogP contribution in [-0.2, 0) is 9.53 Å². The Bertz CT molecular complexity index is 487. The van der Waals surface area contributed by atoms with E-state index in [0.29, 0.717) is 36.5 Å². The lowest BCUT2D eigenvalue weighted by Crippen LogP contribution is -2.24. The van der Waals surface area contributed by atoms with Crippen molar-refractivity contribution in [2.45, 2.75) is 13.3 Å². The van der Waals surface area contributed by atoms with E-state index in [4.69, 9.17) is 10.5 Å². The number of rotatable bonds is 6. The number of ether oxygens (including phenoxy) is 1. The third-order valence-electron chi connectivity index (χ3n) is 2.72. The van der Waals surface area contributed by atoms with Gasteiger partial charge in [0, 0.05) is 27.1 Å². The van der Waals surface area contributed by atoms with Crippen LogP contribution in [0.15, 0.2) is 18.2 Å². The topological polar surface area (TPSA) is 84.7 Å². The van der Waals surface area contributed by atoms with E-state index >= 15 is 0 Å². The van der Waals surface area contributed by atoms with E-state index in [0.717, 1.165) is 0 Å². The first-order valence-corrected chi connectivity index (χ1v) is 6.46. The number of carbonyl (C=O) groups excluding carboxylic acids is 2. The Kier molecular flexibility index (Phi) is 5.83. The van der Waals surface area contributed by atoms with Gasteiger partial charge in [-0.15, -0.1) is 0 Å². The van der Waals surface area contributed by atoms with E-state index in [2.05, 4.69) is 5.32 Å². The molecule has 0 saturated carbocycles. The van der Waals surface area contributed by atoms with Crippen LogP contribution in [0.5, 0.6) is 0 Å². The molecule has 1 aromatic rings. The molecule has 110 valence electrons. The third kappa shape index (κ3) is 4.46. The molecule has 6 heteroatoms. The molecule has 0 spiro atoms. The van der Waals surface area contributed by atoms with Crippen molar-refractivity contribution in [3.05, 3.63) is 23.8 Å².